The topological polar surface area (TPSA) is 12.9 Å². The molecule has 0 fully saturated rings. The van der Waals surface area contributed by atoms with E-state index in [9.17, 15) is 0 Å². The Labute approximate surface area is 123 Å². The van der Waals surface area contributed by atoms with Gasteiger partial charge in [0.1, 0.15) is 0 Å². The molecule has 0 aliphatic heterocycles. The second-order valence-corrected chi connectivity index (χ2v) is 4.66. The molecule has 0 radical (unpaired) electrons. The standard InChI is InChI=1S/C16H12ClN.ClH/c1-11-15(17)13-9-5-6-10-14(13)18-16(11)12-7-3-2-4-8-12;/h2-10H,1H3;1H. The van der Waals surface area contributed by atoms with Crippen molar-refractivity contribution in [3.8, 4) is 11.3 Å². The molecule has 0 N–H and O–H groups in total. The molecular weight excluding hydrogens is 277 g/mol. The maximum Gasteiger partial charge on any atom is 0.0753 e. The fourth-order valence-electron chi connectivity index (χ4n) is 2.14. The molecule has 19 heavy (non-hydrogen) atoms. The van der Waals surface area contributed by atoms with E-state index < -0.39 is 0 Å². The molecule has 1 heterocycles. The normalized spacial score (nSPS) is 10.2. The Morgan fingerprint density at radius 2 is 1.53 bits per heavy atom. The molecule has 3 heteroatoms. The highest BCUT2D eigenvalue weighted by Crippen LogP contribution is 2.32. The monoisotopic (exact) mass is 289 g/mol. The summed E-state index contributed by atoms with van der Waals surface area (Å²) in [5.41, 5.74) is 4.02. The molecule has 2 aromatic carbocycles. The van der Waals surface area contributed by atoms with Crippen LogP contribution < -0.4 is 0 Å². The Hall–Kier alpha value is -1.57. The third-order valence-corrected chi connectivity index (χ3v) is 3.59. The van der Waals surface area contributed by atoms with Crippen molar-refractivity contribution in [2.45, 2.75) is 6.92 Å². The van der Waals surface area contributed by atoms with Crippen LogP contribution in [-0.2, 0) is 0 Å². The number of pyridine rings is 1. The minimum atomic E-state index is 0. The molecule has 0 aliphatic carbocycles. The van der Waals surface area contributed by atoms with Crippen molar-refractivity contribution in [3.63, 3.8) is 0 Å². The van der Waals surface area contributed by atoms with Crippen LogP contribution in [0.1, 0.15) is 5.56 Å². The van der Waals surface area contributed by atoms with Gasteiger partial charge in [-0.15, -0.1) is 12.4 Å². The summed E-state index contributed by atoms with van der Waals surface area (Å²) >= 11 is 6.44. The Bertz CT molecular complexity index is 709. The van der Waals surface area contributed by atoms with E-state index in [1.807, 2.05) is 49.4 Å². The van der Waals surface area contributed by atoms with E-state index in [-0.39, 0.29) is 12.4 Å². The van der Waals surface area contributed by atoms with Crippen LogP contribution in [0.5, 0.6) is 0 Å². The Morgan fingerprint density at radius 1 is 0.895 bits per heavy atom. The lowest BCUT2D eigenvalue weighted by atomic mass is 10.0. The summed E-state index contributed by atoms with van der Waals surface area (Å²) in [4.78, 5) is 4.72. The van der Waals surface area contributed by atoms with Gasteiger partial charge in [-0.2, -0.15) is 0 Å². The lowest BCUT2D eigenvalue weighted by Gasteiger charge is -2.10. The van der Waals surface area contributed by atoms with E-state index in [1.165, 1.54) is 0 Å². The van der Waals surface area contributed by atoms with E-state index in [4.69, 9.17) is 16.6 Å². The zero-order valence-corrected chi connectivity index (χ0v) is 12.0. The van der Waals surface area contributed by atoms with Gasteiger partial charge in [0, 0.05) is 10.9 Å². The van der Waals surface area contributed by atoms with E-state index in [0.29, 0.717) is 0 Å². The number of hydrogen-bond acceptors (Lipinski definition) is 1. The lowest BCUT2D eigenvalue weighted by molar-refractivity contribution is 1.33. The highest BCUT2D eigenvalue weighted by Gasteiger charge is 2.10. The number of rotatable bonds is 1. The van der Waals surface area contributed by atoms with Crippen LogP contribution in [0.2, 0.25) is 5.02 Å². The predicted octanol–water partition coefficient (Wildman–Crippen LogP) is 5.29. The molecule has 3 aromatic rings. The number of benzene rings is 2. The first-order chi connectivity index (χ1) is 8.77. The average Bonchev–Trinajstić information content (AvgIpc) is 2.44. The van der Waals surface area contributed by atoms with Gasteiger partial charge in [-0.1, -0.05) is 60.1 Å². The second kappa shape index (κ2) is 5.60. The van der Waals surface area contributed by atoms with Gasteiger partial charge in [0.25, 0.3) is 0 Å². The van der Waals surface area contributed by atoms with Gasteiger partial charge in [0.2, 0.25) is 0 Å². The van der Waals surface area contributed by atoms with E-state index >= 15 is 0 Å². The highest BCUT2D eigenvalue weighted by atomic mass is 35.5. The molecule has 0 bridgehead atoms. The van der Waals surface area contributed by atoms with E-state index in [1.54, 1.807) is 0 Å². The summed E-state index contributed by atoms with van der Waals surface area (Å²) in [7, 11) is 0. The van der Waals surface area contributed by atoms with E-state index in [2.05, 4.69) is 12.1 Å². The summed E-state index contributed by atoms with van der Waals surface area (Å²) in [5.74, 6) is 0. The summed E-state index contributed by atoms with van der Waals surface area (Å²) in [6, 6.07) is 18.1. The molecule has 0 atom stereocenters. The zero-order chi connectivity index (χ0) is 12.5. The van der Waals surface area contributed by atoms with Crippen LogP contribution in [0, 0.1) is 6.92 Å². The number of halogens is 2. The fraction of sp³-hybridized carbons (Fsp3) is 0.0625. The maximum absolute atomic E-state index is 6.44. The number of nitrogens with zero attached hydrogens (tertiary/aromatic N) is 1. The number of para-hydroxylation sites is 1. The number of fused-ring (bicyclic) bond motifs is 1. The SMILES string of the molecule is Cc1c(-c2ccccc2)nc2ccccc2c1Cl.Cl. The molecule has 3 rings (SSSR count). The largest absolute Gasteiger partial charge is 0.247 e. The van der Waals surface area contributed by atoms with Crippen molar-refractivity contribution in [1.29, 1.82) is 0 Å². The summed E-state index contributed by atoms with van der Waals surface area (Å²) < 4.78 is 0. The minimum absolute atomic E-state index is 0. The maximum atomic E-state index is 6.44. The summed E-state index contributed by atoms with van der Waals surface area (Å²) in [6.07, 6.45) is 0. The summed E-state index contributed by atoms with van der Waals surface area (Å²) in [6.45, 7) is 2.02. The molecule has 0 saturated heterocycles. The van der Waals surface area contributed by atoms with Crippen LogP contribution in [-0.4, -0.2) is 4.98 Å². The van der Waals surface area contributed by atoms with Gasteiger partial charge >= 0.3 is 0 Å². The van der Waals surface area contributed by atoms with Gasteiger partial charge < -0.3 is 0 Å². The van der Waals surface area contributed by atoms with Crippen LogP contribution in [0.3, 0.4) is 0 Å². The van der Waals surface area contributed by atoms with Crippen molar-refractivity contribution >= 4 is 34.9 Å². The van der Waals surface area contributed by atoms with Crippen LogP contribution >= 0.6 is 24.0 Å². The smallest absolute Gasteiger partial charge is 0.0753 e. The molecule has 96 valence electrons. The Morgan fingerprint density at radius 3 is 2.26 bits per heavy atom. The first-order valence-corrected chi connectivity index (χ1v) is 6.25. The molecule has 0 aliphatic rings. The van der Waals surface area contributed by atoms with Gasteiger partial charge in [0.15, 0.2) is 0 Å². The van der Waals surface area contributed by atoms with Crippen molar-refractivity contribution in [2.75, 3.05) is 0 Å². The lowest BCUT2D eigenvalue weighted by Crippen LogP contribution is -1.91. The first-order valence-electron chi connectivity index (χ1n) is 5.87. The third kappa shape index (κ3) is 2.44. The minimum Gasteiger partial charge on any atom is -0.247 e. The average molecular weight is 290 g/mol. The van der Waals surface area contributed by atoms with Gasteiger partial charge in [0.05, 0.1) is 16.2 Å². The van der Waals surface area contributed by atoms with Crippen molar-refractivity contribution in [3.05, 3.63) is 65.2 Å². The molecule has 0 amide bonds. The molecule has 0 unspecified atom stereocenters. The molecule has 0 saturated carbocycles. The predicted molar refractivity (Wildman–Crippen MR) is 84.2 cm³/mol. The Kier molecular flexibility index (Phi) is 4.08. The highest BCUT2D eigenvalue weighted by molar-refractivity contribution is 6.36. The molecular formula is C16H13Cl2N. The number of aromatic nitrogens is 1. The third-order valence-electron chi connectivity index (χ3n) is 3.10. The van der Waals surface area contributed by atoms with Crippen molar-refractivity contribution in [1.82, 2.24) is 4.98 Å². The fourth-order valence-corrected chi connectivity index (χ4v) is 2.39. The summed E-state index contributed by atoms with van der Waals surface area (Å²) in [5, 5.41) is 1.80. The quantitative estimate of drug-likeness (QED) is 0.593. The van der Waals surface area contributed by atoms with Gasteiger partial charge in [-0.05, 0) is 18.6 Å². The van der Waals surface area contributed by atoms with Gasteiger partial charge in [-0.25, -0.2) is 4.98 Å². The van der Waals surface area contributed by atoms with E-state index in [0.717, 1.165) is 32.7 Å². The van der Waals surface area contributed by atoms with Gasteiger partial charge in [-0.3, -0.25) is 0 Å². The van der Waals surface area contributed by atoms with Crippen molar-refractivity contribution < 1.29 is 0 Å². The zero-order valence-electron chi connectivity index (χ0n) is 10.4. The van der Waals surface area contributed by atoms with Crippen LogP contribution in [0.4, 0.5) is 0 Å². The first kappa shape index (κ1) is 13.9. The number of hydrogen-bond donors (Lipinski definition) is 0. The molecule has 1 aromatic heterocycles. The van der Waals surface area contributed by atoms with Crippen LogP contribution in [0.15, 0.2) is 54.6 Å². The molecule has 0 spiro atoms. The second-order valence-electron chi connectivity index (χ2n) is 4.28. The Balaban J connectivity index is 0.00000133. The van der Waals surface area contributed by atoms with Crippen molar-refractivity contribution in [2.24, 2.45) is 0 Å². The molecule has 1 nitrogen and oxygen atoms in total. The van der Waals surface area contributed by atoms with Crippen LogP contribution in [0.25, 0.3) is 22.2 Å².